The first-order valence-corrected chi connectivity index (χ1v) is 7.14. The molecule has 0 aromatic heterocycles. The van der Waals surface area contributed by atoms with Gasteiger partial charge in [0.05, 0.1) is 0 Å². The van der Waals surface area contributed by atoms with Crippen LogP contribution in [0.4, 0.5) is 5.69 Å². The van der Waals surface area contributed by atoms with Gasteiger partial charge in [-0.15, -0.1) is 6.42 Å². The van der Waals surface area contributed by atoms with Crippen LogP contribution in [-0.2, 0) is 6.54 Å². The maximum Gasteiger partial charge on any atom is 0.148 e. The highest BCUT2D eigenvalue weighted by Crippen LogP contribution is 2.25. The summed E-state index contributed by atoms with van der Waals surface area (Å²) in [5, 5.41) is 3.39. The molecule has 2 aromatic carbocycles. The van der Waals surface area contributed by atoms with Crippen molar-refractivity contribution in [1.82, 2.24) is 0 Å². The molecule has 2 aromatic rings. The fourth-order valence-electron chi connectivity index (χ4n) is 1.86. The van der Waals surface area contributed by atoms with Crippen LogP contribution in [0.3, 0.4) is 0 Å². The molecule has 0 aliphatic rings. The number of hydrogen-bond donors (Lipinski definition) is 1. The predicted octanol–water partition coefficient (Wildman–Crippen LogP) is 4.38. The van der Waals surface area contributed by atoms with Crippen molar-refractivity contribution in [2.75, 3.05) is 11.9 Å². The SMILES string of the molecule is C#CCOc1ccccc1CNc1ccc(C)cc1Br. The molecule has 0 fully saturated rings. The van der Waals surface area contributed by atoms with Gasteiger partial charge in [-0.2, -0.15) is 0 Å². The molecule has 2 rings (SSSR count). The maximum atomic E-state index is 5.54. The lowest BCUT2D eigenvalue weighted by Crippen LogP contribution is -2.04. The smallest absolute Gasteiger partial charge is 0.148 e. The van der Waals surface area contributed by atoms with Crippen LogP contribution in [0, 0.1) is 19.3 Å². The first kappa shape index (κ1) is 14.5. The molecule has 0 spiro atoms. The molecular weight excluding hydrogens is 314 g/mol. The number of rotatable bonds is 5. The number of aryl methyl sites for hydroxylation is 1. The molecule has 0 amide bonds. The number of halogens is 1. The van der Waals surface area contributed by atoms with Gasteiger partial charge in [-0.05, 0) is 46.6 Å². The maximum absolute atomic E-state index is 5.54. The Morgan fingerprint density at radius 1 is 1.25 bits per heavy atom. The minimum Gasteiger partial charge on any atom is -0.481 e. The summed E-state index contributed by atoms with van der Waals surface area (Å²) < 4.78 is 6.59. The summed E-state index contributed by atoms with van der Waals surface area (Å²) >= 11 is 3.56. The third kappa shape index (κ3) is 3.79. The van der Waals surface area contributed by atoms with Crippen molar-refractivity contribution in [3.8, 4) is 18.1 Å². The first-order valence-electron chi connectivity index (χ1n) is 6.35. The van der Waals surface area contributed by atoms with Gasteiger partial charge in [-0.1, -0.05) is 30.2 Å². The molecule has 0 saturated heterocycles. The van der Waals surface area contributed by atoms with E-state index in [0.29, 0.717) is 6.54 Å². The van der Waals surface area contributed by atoms with E-state index in [1.807, 2.05) is 24.3 Å². The van der Waals surface area contributed by atoms with Gasteiger partial charge in [0.25, 0.3) is 0 Å². The molecule has 0 bridgehead atoms. The second kappa shape index (κ2) is 7.02. The van der Waals surface area contributed by atoms with E-state index in [1.54, 1.807) is 0 Å². The Balaban J connectivity index is 2.09. The summed E-state index contributed by atoms with van der Waals surface area (Å²) in [4.78, 5) is 0. The fraction of sp³-hybridized carbons (Fsp3) is 0.176. The largest absolute Gasteiger partial charge is 0.481 e. The molecule has 0 aliphatic carbocycles. The van der Waals surface area contributed by atoms with Gasteiger partial charge in [0.1, 0.15) is 12.4 Å². The van der Waals surface area contributed by atoms with E-state index in [-0.39, 0.29) is 6.61 Å². The van der Waals surface area contributed by atoms with Crippen molar-refractivity contribution in [2.45, 2.75) is 13.5 Å². The van der Waals surface area contributed by atoms with E-state index in [1.165, 1.54) is 5.56 Å². The average Bonchev–Trinajstić information content (AvgIpc) is 2.45. The monoisotopic (exact) mass is 329 g/mol. The second-order valence-electron chi connectivity index (χ2n) is 4.44. The molecule has 0 unspecified atom stereocenters. The van der Waals surface area contributed by atoms with Crippen molar-refractivity contribution in [1.29, 1.82) is 0 Å². The summed E-state index contributed by atoms with van der Waals surface area (Å²) in [6, 6.07) is 14.1. The molecule has 0 radical (unpaired) electrons. The number of nitrogens with one attached hydrogen (secondary N) is 1. The topological polar surface area (TPSA) is 21.3 Å². The van der Waals surface area contributed by atoms with E-state index >= 15 is 0 Å². The standard InChI is InChI=1S/C17H16BrNO/c1-3-10-20-17-7-5-4-6-14(17)12-19-16-9-8-13(2)11-15(16)18/h1,4-9,11,19H,10,12H2,2H3. The van der Waals surface area contributed by atoms with E-state index in [0.717, 1.165) is 21.5 Å². The van der Waals surface area contributed by atoms with Crippen LogP contribution in [0.1, 0.15) is 11.1 Å². The van der Waals surface area contributed by atoms with Gasteiger partial charge >= 0.3 is 0 Å². The van der Waals surface area contributed by atoms with Crippen LogP contribution in [0.2, 0.25) is 0 Å². The highest BCUT2D eigenvalue weighted by atomic mass is 79.9. The van der Waals surface area contributed by atoms with Gasteiger partial charge in [-0.25, -0.2) is 0 Å². The number of para-hydroxylation sites is 1. The minimum atomic E-state index is 0.283. The van der Waals surface area contributed by atoms with Crippen LogP contribution in [0.25, 0.3) is 0 Å². The Hall–Kier alpha value is -1.92. The summed E-state index contributed by atoms with van der Waals surface area (Å²) in [5.74, 6) is 3.30. The van der Waals surface area contributed by atoms with E-state index in [2.05, 4.69) is 52.3 Å². The van der Waals surface area contributed by atoms with Crippen molar-refractivity contribution >= 4 is 21.6 Å². The van der Waals surface area contributed by atoms with Crippen molar-refractivity contribution < 1.29 is 4.74 Å². The Morgan fingerprint density at radius 3 is 2.80 bits per heavy atom. The fourth-order valence-corrected chi connectivity index (χ4v) is 2.50. The lowest BCUT2D eigenvalue weighted by atomic mass is 10.2. The second-order valence-corrected chi connectivity index (χ2v) is 5.29. The van der Waals surface area contributed by atoms with Gasteiger partial charge < -0.3 is 10.1 Å². The molecule has 20 heavy (non-hydrogen) atoms. The number of hydrogen-bond acceptors (Lipinski definition) is 2. The van der Waals surface area contributed by atoms with Crippen LogP contribution in [0.15, 0.2) is 46.9 Å². The zero-order valence-corrected chi connectivity index (χ0v) is 12.9. The third-order valence-corrected chi connectivity index (χ3v) is 3.53. The Morgan fingerprint density at radius 2 is 2.05 bits per heavy atom. The molecule has 0 aliphatic heterocycles. The molecule has 3 heteroatoms. The number of anilines is 1. The quantitative estimate of drug-likeness (QED) is 0.822. The molecule has 0 saturated carbocycles. The van der Waals surface area contributed by atoms with Gasteiger partial charge in [0.15, 0.2) is 0 Å². The Kier molecular flexibility index (Phi) is 5.09. The lowest BCUT2D eigenvalue weighted by Gasteiger charge is -2.12. The molecule has 0 heterocycles. The van der Waals surface area contributed by atoms with Crippen LogP contribution >= 0.6 is 15.9 Å². The first-order chi connectivity index (χ1) is 9.70. The van der Waals surface area contributed by atoms with Gasteiger partial charge in [0, 0.05) is 22.3 Å². The van der Waals surface area contributed by atoms with Crippen molar-refractivity contribution in [3.63, 3.8) is 0 Å². The van der Waals surface area contributed by atoms with E-state index in [4.69, 9.17) is 11.2 Å². The van der Waals surface area contributed by atoms with Crippen LogP contribution in [0.5, 0.6) is 5.75 Å². The highest BCUT2D eigenvalue weighted by Gasteiger charge is 2.04. The minimum absolute atomic E-state index is 0.283. The van der Waals surface area contributed by atoms with Gasteiger partial charge in [-0.3, -0.25) is 0 Å². The number of terminal acetylenes is 1. The summed E-state index contributed by atoms with van der Waals surface area (Å²) in [5.41, 5.74) is 3.36. The Bertz CT molecular complexity index is 631. The molecule has 0 atom stereocenters. The number of ether oxygens (including phenoxy) is 1. The normalized spacial score (nSPS) is 9.85. The summed E-state index contributed by atoms with van der Waals surface area (Å²) in [7, 11) is 0. The zero-order valence-electron chi connectivity index (χ0n) is 11.3. The van der Waals surface area contributed by atoms with E-state index < -0.39 is 0 Å². The van der Waals surface area contributed by atoms with Crippen LogP contribution < -0.4 is 10.1 Å². The molecular formula is C17H16BrNO. The van der Waals surface area contributed by atoms with Gasteiger partial charge in [0.2, 0.25) is 0 Å². The van der Waals surface area contributed by atoms with Crippen LogP contribution in [-0.4, -0.2) is 6.61 Å². The molecule has 2 nitrogen and oxygen atoms in total. The lowest BCUT2D eigenvalue weighted by molar-refractivity contribution is 0.366. The highest BCUT2D eigenvalue weighted by molar-refractivity contribution is 9.10. The summed E-state index contributed by atoms with van der Waals surface area (Å²) in [6.07, 6.45) is 5.23. The van der Waals surface area contributed by atoms with Crippen molar-refractivity contribution in [2.24, 2.45) is 0 Å². The molecule has 1 N–H and O–H groups in total. The van der Waals surface area contributed by atoms with Crippen molar-refractivity contribution in [3.05, 3.63) is 58.1 Å². The predicted molar refractivity (Wildman–Crippen MR) is 87.0 cm³/mol. The number of benzene rings is 2. The zero-order chi connectivity index (χ0) is 14.4. The van der Waals surface area contributed by atoms with E-state index in [9.17, 15) is 0 Å². The third-order valence-electron chi connectivity index (χ3n) is 2.88. The Labute approximate surface area is 128 Å². The average molecular weight is 330 g/mol. The summed E-state index contributed by atoms with van der Waals surface area (Å²) in [6.45, 7) is 3.03. The molecule has 102 valence electrons.